The molecule has 1 aromatic heterocycles. The molecule has 26 heavy (non-hydrogen) atoms. The summed E-state index contributed by atoms with van der Waals surface area (Å²) in [5.74, 6) is 0.0114. The number of nitrogens with zero attached hydrogens (tertiary/aromatic N) is 3. The fourth-order valence-corrected chi connectivity index (χ4v) is 3.39. The summed E-state index contributed by atoms with van der Waals surface area (Å²) in [6.07, 6.45) is 1.61. The Morgan fingerprint density at radius 2 is 2.08 bits per heavy atom. The highest BCUT2D eigenvalue weighted by atomic mass is 32.2. The Bertz CT molecular complexity index is 971. The molecule has 0 atom stereocenters. The molecular formula is C18H15N5O2S. The van der Waals surface area contributed by atoms with Crippen molar-refractivity contribution in [3.8, 4) is 0 Å². The Labute approximate surface area is 153 Å². The van der Waals surface area contributed by atoms with E-state index in [9.17, 15) is 9.59 Å². The second kappa shape index (κ2) is 7.01. The minimum atomic E-state index is -0.348. The number of carbonyl (C=O) groups is 2. The molecular weight excluding hydrogens is 350 g/mol. The third kappa shape index (κ3) is 3.60. The quantitative estimate of drug-likeness (QED) is 0.742. The van der Waals surface area contributed by atoms with Gasteiger partial charge in [-0.15, -0.1) is 16.9 Å². The van der Waals surface area contributed by atoms with Crippen molar-refractivity contribution in [1.82, 2.24) is 15.0 Å². The van der Waals surface area contributed by atoms with Crippen LogP contribution in [-0.2, 0) is 11.3 Å². The van der Waals surface area contributed by atoms with Gasteiger partial charge in [0.05, 0.1) is 24.2 Å². The first-order chi connectivity index (χ1) is 12.7. The minimum absolute atomic E-state index is 0.0465. The number of benzene rings is 2. The molecule has 0 unspecified atom stereocenters. The van der Waals surface area contributed by atoms with Crippen molar-refractivity contribution in [3.05, 3.63) is 66.0 Å². The Kier molecular flexibility index (Phi) is 4.40. The Balaban J connectivity index is 1.45. The third-order valence-electron chi connectivity index (χ3n) is 3.83. The van der Waals surface area contributed by atoms with E-state index in [1.807, 2.05) is 36.4 Å². The van der Waals surface area contributed by atoms with Gasteiger partial charge in [0.2, 0.25) is 5.91 Å². The molecule has 0 aliphatic carbocycles. The van der Waals surface area contributed by atoms with Gasteiger partial charge in [0.25, 0.3) is 5.91 Å². The van der Waals surface area contributed by atoms with Crippen molar-refractivity contribution in [2.45, 2.75) is 11.4 Å². The predicted octanol–water partition coefficient (Wildman–Crippen LogP) is 2.62. The molecule has 2 N–H and O–H groups in total. The van der Waals surface area contributed by atoms with Crippen LogP contribution in [0.25, 0.3) is 0 Å². The third-order valence-corrected chi connectivity index (χ3v) is 4.90. The molecule has 7 nitrogen and oxygen atoms in total. The summed E-state index contributed by atoms with van der Waals surface area (Å²) in [4.78, 5) is 24.9. The maximum atomic E-state index is 12.4. The number of thioether (sulfide) groups is 1. The summed E-state index contributed by atoms with van der Waals surface area (Å²) < 4.78 is 1.62. The van der Waals surface area contributed by atoms with E-state index in [4.69, 9.17) is 0 Å². The van der Waals surface area contributed by atoms with Crippen LogP contribution in [0.5, 0.6) is 0 Å². The van der Waals surface area contributed by atoms with Gasteiger partial charge in [-0.05, 0) is 23.8 Å². The number of hydrogen-bond donors (Lipinski definition) is 2. The number of anilines is 2. The molecule has 0 radical (unpaired) electrons. The summed E-state index contributed by atoms with van der Waals surface area (Å²) in [6.45, 7) is 0.545. The molecule has 1 aliphatic rings. The number of rotatable bonds is 4. The Morgan fingerprint density at radius 1 is 1.23 bits per heavy atom. The maximum Gasteiger partial charge on any atom is 0.277 e. The van der Waals surface area contributed by atoms with Crippen molar-refractivity contribution in [2.24, 2.45) is 0 Å². The molecule has 0 saturated carbocycles. The monoisotopic (exact) mass is 365 g/mol. The van der Waals surface area contributed by atoms with E-state index >= 15 is 0 Å². The van der Waals surface area contributed by atoms with E-state index in [1.165, 1.54) is 11.8 Å². The molecule has 2 aromatic carbocycles. The first kappa shape index (κ1) is 16.3. The molecule has 130 valence electrons. The number of nitrogens with one attached hydrogen (secondary N) is 2. The first-order valence-electron chi connectivity index (χ1n) is 7.99. The number of carbonyl (C=O) groups excluding carboxylic acids is 2. The topological polar surface area (TPSA) is 88.9 Å². The summed E-state index contributed by atoms with van der Waals surface area (Å²) in [7, 11) is 0. The molecule has 0 spiro atoms. The zero-order chi connectivity index (χ0) is 17.9. The Hall–Kier alpha value is -3.13. The molecule has 0 bridgehead atoms. The maximum absolute atomic E-state index is 12.4. The smallest absolute Gasteiger partial charge is 0.277 e. The van der Waals surface area contributed by atoms with Crippen LogP contribution in [0.4, 0.5) is 11.4 Å². The van der Waals surface area contributed by atoms with Crippen molar-refractivity contribution in [3.63, 3.8) is 0 Å². The van der Waals surface area contributed by atoms with Gasteiger partial charge in [-0.25, -0.2) is 4.68 Å². The van der Waals surface area contributed by atoms with Gasteiger partial charge in [-0.2, -0.15) is 0 Å². The van der Waals surface area contributed by atoms with Crippen LogP contribution in [0.1, 0.15) is 16.1 Å². The van der Waals surface area contributed by atoms with Gasteiger partial charge in [0, 0.05) is 10.6 Å². The SMILES string of the molecule is O=C1CSc2ccc(NC(=O)c3cn(Cc4ccccc4)nn3)cc2N1. The number of hydrogen-bond acceptors (Lipinski definition) is 5. The van der Waals surface area contributed by atoms with Crippen LogP contribution >= 0.6 is 11.8 Å². The lowest BCUT2D eigenvalue weighted by atomic mass is 10.2. The summed E-state index contributed by atoms with van der Waals surface area (Å²) in [5, 5.41) is 13.5. The van der Waals surface area contributed by atoms with Gasteiger partial charge in [0.1, 0.15) is 0 Å². The summed E-state index contributed by atoms with van der Waals surface area (Å²) in [5.41, 5.74) is 2.61. The van der Waals surface area contributed by atoms with E-state index in [1.54, 1.807) is 23.0 Å². The molecule has 8 heteroatoms. The fraction of sp³-hybridized carbons (Fsp3) is 0.111. The molecule has 2 heterocycles. The predicted molar refractivity (Wildman–Crippen MR) is 99.3 cm³/mol. The zero-order valence-corrected chi connectivity index (χ0v) is 14.5. The average Bonchev–Trinajstić information content (AvgIpc) is 3.11. The molecule has 0 fully saturated rings. The van der Waals surface area contributed by atoms with Gasteiger partial charge >= 0.3 is 0 Å². The van der Waals surface area contributed by atoms with Crippen molar-refractivity contribution >= 4 is 35.0 Å². The number of fused-ring (bicyclic) bond motifs is 1. The van der Waals surface area contributed by atoms with Gasteiger partial charge < -0.3 is 10.6 Å². The largest absolute Gasteiger partial charge is 0.324 e. The van der Waals surface area contributed by atoms with Crippen molar-refractivity contribution in [2.75, 3.05) is 16.4 Å². The van der Waals surface area contributed by atoms with E-state index in [0.29, 0.717) is 23.7 Å². The average molecular weight is 365 g/mol. The summed E-state index contributed by atoms with van der Waals surface area (Å²) in [6, 6.07) is 15.2. The lowest BCUT2D eigenvalue weighted by Gasteiger charge is -2.17. The van der Waals surface area contributed by atoms with Gasteiger partial charge in [0.15, 0.2) is 5.69 Å². The van der Waals surface area contributed by atoms with E-state index < -0.39 is 0 Å². The first-order valence-corrected chi connectivity index (χ1v) is 8.98. The van der Waals surface area contributed by atoms with Crippen LogP contribution in [-0.4, -0.2) is 32.6 Å². The lowest BCUT2D eigenvalue weighted by Crippen LogP contribution is -2.19. The van der Waals surface area contributed by atoms with Gasteiger partial charge in [-0.1, -0.05) is 35.5 Å². The van der Waals surface area contributed by atoms with E-state index in [-0.39, 0.29) is 17.5 Å². The second-order valence-corrected chi connectivity index (χ2v) is 6.81. The van der Waals surface area contributed by atoms with Crippen LogP contribution in [0.2, 0.25) is 0 Å². The second-order valence-electron chi connectivity index (χ2n) is 5.79. The van der Waals surface area contributed by atoms with Crippen molar-refractivity contribution < 1.29 is 9.59 Å². The molecule has 1 aliphatic heterocycles. The highest BCUT2D eigenvalue weighted by Crippen LogP contribution is 2.33. The number of aromatic nitrogens is 3. The Morgan fingerprint density at radius 3 is 2.92 bits per heavy atom. The zero-order valence-electron chi connectivity index (χ0n) is 13.7. The minimum Gasteiger partial charge on any atom is -0.324 e. The van der Waals surface area contributed by atoms with Crippen LogP contribution in [0, 0.1) is 0 Å². The van der Waals surface area contributed by atoms with Crippen LogP contribution in [0.3, 0.4) is 0 Å². The van der Waals surface area contributed by atoms with Crippen LogP contribution in [0.15, 0.2) is 59.6 Å². The standard InChI is InChI=1S/C18H15N5O2S/c24-17-11-26-16-7-6-13(8-14(16)20-17)19-18(25)15-10-23(22-21-15)9-12-4-2-1-3-5-12/h1-8,10H,9,11H2,(H,19,25)(H,20,24). The molecule has 0 saturated heterocycles. The molecule has 4 rings (SSSR count). The van der Waals surface area contributed by atoms with Gasteiger partial charge in [-0.3, -0.25) is 9.59 Å². The van der Waals surface area contributed by atoms with Crippen LogP contribution < -0.4 is 10.6 Å². The highest BCUT2D eigenvalue weighted by Gasteiger charge is 2.17. The number of amides is 2. The van der Waals surface area contributed by atoms with Crippen molar-refractivity contribution in [1.29, 1.82) is 0 Å². The summed E-state index contributed by atoms with van der Waals surface area (Å²) >= 11 is 1.47. The normalized spacial score (nSPS) is 13.0. The van der Waals surface area contributed by atoms with E-state index in [0.717, 1.165) is 10.5 Å². The van der Waals surface area contributed by atoms with E-state index in [2.05, 4.69) is 20.9 Å². The lowest BCUT2D eigenvalue weighted by molar-refractivity contribution is -0.113. The molecule has 2 amide bonds. The highest BCUT2D eigenvalue weighted by molar-refractivity contribution is 8.00. The fourth-order valence-electron chi connectivity index (χ4n) is 2.61. The molecule has 3 aromatic rings.